The molecule has 2 heterocycles. The lowest BCUT2D eigenvalue weighted by molar-refractivity contribution is 0.0615. The third-order valence-electron chi connectivity index (χ3n) is 5.70. The zero-order valence-electron chi connectivity index (χ0n) is 16.8. The fourth-order valence-corrected chi connectivity index (χ4v) is 4.03. The van der Waals surface area contributed by atoms with Gasteiger partial charge in [0.1, 0.15) is 12.7 Å². The topological polar surface area (TPSA) is 54.3 Å². The van der Waals surface area contributed by atoms with Crippen molar-refractivity contribution >= 4 is 5.91 Å². The lowest BCUT2D eigenvalue weighted by Crippen LogP contribution is -2.46. The summed E-state index contributed by atoms with van der Waals surface area (Å²) in [6.07, 6.45) is 5.18. The van der Waals surface area contributed by atoms with Crippen molar-refractivity contribution in [2.24, 2.45) is 0 Å². The van der Waals surface area contributed by atoms with Crippen LogP contribution in [0, 0.1) is 0 Å². The van der Waals surface area contributed by atoms with Gasteiger partial charge >= 0.3 is 0 Å². The van der Waals surface area contributed by atoms with Crippen molar-refractivity contribution in [3.05, 3.63) is 78.4 Å². The van der Waals surface area contributed by atoms with E-state index < -0.39 is 0 Å². The molecule has 1 aromatic heterocycles. The van der Waals surface area contributed by atoms with E-state index in [9.17, 15) is 4.79 Å². The van der Waals surface area contributed by atoms with E-state index in [0.29, 0.717) is 6.04 Å². The van der Waals surface area contributed by atoms with Gasteiger partial charge in [0, 0.05) is 31.2 Å². The van der Waals surface area contributed by atoms with E-state index in [1.165, 1.54) is 11.9 Å². The molecule has 0 atom stereocenters. The molecule has 150 valence electrons. The first kappa shape index (κ1) is 19.3. The SMILES string of the molecule is CCN(Cc1ccccc1)C1CCN(C(=O)c2ccc(-n3cncn3)cc2)CC1. The molecule has 4 rings (SSSR count). The van der Waals surface area contributed by atoms with Gasteiger partial charge in [-0.1, -0.05) is 37.3 Å². The van der Waals surface area contributed by atoms with Gasteiger partial charge in [0.25, 0.3) is 5.91 Å². The van der Waals surface area contributed by atoms with E-state index in [1.807, 2.05) is 29.2 Å². The smallest absolute Gasteiger partial charge is 0.253 e. The van der Waals surface area contributed by atoms with Crippen molar-refractivity contribution in [3.8, 4) is 5.69 Å². The minimum absolute atomic E-state index is 0.111. The molecule has 0 spiro atoms. The van der Waals surface area contributed by atoms with Gasteiger partial charge in [0.2, 0.25) is 0 Å². The molecule has 0 N–H and O–H groups in total. The summed E-state index contributed by atoms with van der Waals surface area (Å²) in [4.78, 5) is 21.4. The number of likely N-dealkylation sites (tertiary alicyclic amines) is 1. The Hall–Kier alpha value is -2.99. The van der Waals surface area contributed by atoms with Crippen molar-refractivity contribution in [1.82, 2.24) is 24.6 Å². The number of carbonyl (C=O) groups is 1. The highest BCUT2D eigenvalue weighted by atomic mass is 16.2. The largest absolute Gasteiger partial charge is 0.339 e. The summed E-state index contributed by atoms with van der Waals surface area (Å²) in [7, 11) is 0. The molecule has 1 fully saturated rings. The molecule has 1 amide bonds. The van der Waals surface area contributed by atoms with Gasteiger partial charge in [0.15, 0.2) is 0 Å². The van der Waals surface area contributed by atoms with Crippen molar-refractivity contribution in [3.63, 3.8) is 0 Å². The van der Waals surface area contributed by atoms with Crippen molar-refractivity contribution < 1.29 is 4.79 Å². The van der Waals surface area contributed by atoms with Crippen molar-refractivity contribution in [2.75, 3.05) is 19.6 Å². The van der Waals surface area contributed by atoms with Gasteiger partial charge < -0.3 is 4.90 Å². The predicted octanol–water partition coefficient (Wildman–Crippen LogP) is 3.39. The number of amides is 1. The van der Waals surface area contributed by atoms with Crippen molar-refractivity contribution in [2.45, 2.75) is 32.4 Å². The van der Waals surface area contributed by atoms with Gasteiger partial charge in [-0.3, -0.25) is 9.69 Å². The second-order valence-corrected chi connectivity index (χ2v) is 7.46. The van der Waals surface area contributed by atoms with Crippen LogP contribution in [0.1, 0.15) is 35.7 Å². The van der Waals surface area contributed by atoms with Crippen molar-refractivity contribution in [1.29, 1.82) is 0 Å². The molecule has 0 saturated carbocycles. The summed E-state index contributed by atoms with van der Waals surface area (Å²) in [5, 5.41) is 4.12. The van der Waals surface area contributed by atoms with E-state index in [4.69, 9.17) is 0 Å². The summed E-state index contributed by atoms with van der Waals surface area (Å²) in [5.41, 5.74) is 2.97. The highest BCUT2D eigenvalue weighted by Gasteiger charge is 2.26. The quantitative estimate of drug-likeness (QED) is 0.648. The van der Waals surface area contributed by atoms with Gasteiger partial charge in [0.05, 0.1) is 5.69 Å². The minimum atomic E-state index is 0.111. The van der Waals surface area contributed by atoms with Crippen LogP contribution in [0.3, 0.4) is 0 Å². The fraction of sp³-hybridized carbons (Fsp3) is 0.348. The zero-order chi connectivity index (χ0) is 20.1. The first-order valence-corrected chi connectivity index (χ1v) is 10.3. The molecule has 0 unspecified atom stereocenters. The number of hydrogen-bond donors (Lipinski definition) is 0. The lowest BCUT2D eigenvalue weighted by Gasteiger charge is -2.38. The normalized spacial score (nSPS) is 15.0. The number of nitrogens with zero attached hydrogens (tertiary/aromatic N) is 5. The number of hydrogen-bond acceptors (Lipinski definition) is 4. The Morgan fingerprint density at radius 1 is 1.07 bits per heavy atom. The van der Waals surface area contributed by atoms with Crippen LogP contribution in [0.4, 0.5) is 0 Å². The molecule has 1 aliphatic heterocycles. The first-order valence-electron chi connectivity index (χ1n) is 10.3. The van der Waals surface area contributed by atoms with Crippen LogP contribution < -0.4 is 0 Å². The number of piperidine rings is 1. The molecule has 1 saturated heterocycles. The average molecular weight is 390 g/mol. The number of rotatable bonds is 6. The molecule has 0 radical (unpaired) electrons. The van der Waals surface area contributed by atoms with E-state index in [0.717, 1.165) is 50.3 Å². The van der Waals surface area contributed by atoms with Crippen LogP contribution in [0.5, 0.6) is 0 Å². The Balaban J connectivity index is 1.34. The van der Waals surface area contributed by atoms with E-state index in [-0.39, 0.29) is 5.91 Å². The first-order chi connectivity index (χ1) is 14.2. The van der Waals surface area contributed by atoms with E-state index in [2.05, 4.69) is 52.2 Å². The number of aromatic nitrogens is 3. The summed E-state index contributed by atoms with van der Waals surface area (Å²) < 4.78 is 1.69. The standard InChI is InChI=1S/C23H27N5O/c1-2-26(16-19-6-4-3-5-7-19)21-12-14-27(15-13-21)23(29)20-8-10-22(11-9-20)28-18-24-17-25-28/h3-11,17-18,21H,2,12-16H2,1H3. The number of benzene rings is 2. The summed E-state index contributed by atoms with van der Waals surface area (Å²) in [6.45, 7) is 5.83. The maximum Gasteiger partial charge on any atom is 0.253 e. The Morgan fingerprint density at radius 3 is 2.41 bits per heavy atom. The molecule has 0 bridgehead atoms. The Bertz CT molecular complexity index is 900. The van der Waals surface area contributed by atoms with E-state index >= 15 is 0 Å². The summed E-state index contributed by atoms with van der Waals surface area (Å²) >= 11 is 0. The molecular formula is C23H27N5O. The third-order valence-corrected chi connectivity index (χ3v) is 5.70. The second kappa shape index (κ2) is 9.01. The molecule has 1 aliphatic rings. The molecule has 6 nitrogen and oxygen atoms in total. The minimum Gasteiger partial charge on any atom is -0.339 e. The van der Waals surface area contributed by atoms with Gasteiger partial charge in [-0.2, -0.15) is 5.10 Å². The second-order valence-electron chi connectivity index (χ2n) is 7.46. The molecular weight excluding hydrogens is 362 g/mol. The highest BCUT2D eigenvalue weighted by molar-refractivity contribution is 5.94. The Morgan fingerprint density at radius 2 is 1.79 bits per heavy atom. The average Bonchev–Trinajstić information content (AvgIpc) is 3.33. The maximum absolute atomic E-state index is 12.9. The molecule has 6 heteroatoms. The number of carbonyl (C=O) groups excluding carboxylic acids is 1. The Labute approximate surface area is 171 Å². The third kappa shape index (κ3) is 4.54. The van der Waals surface area contributed by atoms with Gasteiger partial charge in [-0.05, 0) is 49.2 Å². The van der Waals surface area contributed by atoms with Crippen LogP contribution in [0.25, 0.3) is 5.69 Å². The van der Waals surface area contributed by atoms with E-state index in [1.54, 1.807) is 11.0 Å². The lowest BCUT2D eigenvalue weighted by atomic mass is 10.0. The maximum atomic E-state index is 12.9. The molecule has 0 aliphatic carbocycles. The molecule has 2 aromatic carbocycles. The van der Waals surface area contributed by atoms with Crippen LogP contribution in [-0.4, -0.2) is 56.1 Å². The highest BCUT2D eigenvalue weighted by Crippen LogP contribution is 2.21. The Kier molecular flexibility index (Phi) is 6.00. The fourth-order valence-electron chi connectivity index (χ4n) is 4.03. The monoisotopic (exact) mass is 389 g/mol. The molecule has 29 heavy (non-hydrogen) atoms. The van der Waals surface area contributed by atoms with Crippen LogP contribution in [-0.2, 0) is 6.54 Å². The van der Waals surface area contributed by atoms with Gasteiger partial charge in [-0.15, -0.1) is 0 Å². The zero-order valence-corrected chi connectivity index (χ0v) is 16.8. The van der Waals surface area contributed by atoms with Crippen LogP contribution in [0.15, 0.2) is 67.3 Å². The van der Waals surface area contributed by atoms with Crippen LogP contribution >= 0.6 is 0 Å². The summed E-state index contributed by atoms with van der Waals surface area (Å²) in [5.74, 6) is 0.111. The predicted molar refractivity (Wildman–Crippen MR) is 113 cm³/mol. The summed E-state index contributed by atoms with van der Waals surface area (Å²) in [6, 6.07) is 18.7. The molecule has 3 aromatic rings. The van der Waals surface area contributed by atoms with Gasteiger partial charge in [-0.25, -0.2) is 9.67 Å². The van der Waals surface area contributed by atoms with Crippen LogP contribution in [0.2, 0.25) is 0 Å².